The van der Waals surface area contributed by atoms with Crippen molar-refractivity contribution in [2.45, 2.75) is 32.1 Å². The van der Waals surface area contributed by atoms with Crippen LogP contribution < -0.4 is 5.32 Å². The van der Waals surface area contributed by atoms with Gasteiger partial charge in [0.1, 0.15) is 0 Å². The third-order valence-electron chi connectivity index (χ3n) is 3.10. The lowest BCUT2D eigenvalue weighted by Gasteiger charge is -2.29. The molecule has 1 heterocycles. The van der Waals surface area contributed by atoms with E-state index >= 15 is 0 Å². The Morgan fingerprint density at radius 1 is 1.41 bits per heavy atom. The molecule has 1 unspecified atom stereocenters. The van der Waals surface area contributed by atoms with Crippen LogP contribution >= 0.6 is 0 Å². The molecule has 0 aromatic carbocycles. The molecule has 1 saturated heterocycles. The molecule has 1 aliphatic rings. The number of amides is 1. The summed E-state index contributed by atoms with van der Waals surface area (Å²) >= 11 is 0. The maximum absolute atomic E-state index is 11.4. The van der Waals surface area contributed by atoms with Crippen molar-refractivity contribution in [3.8, 4) is 0 Å². The SMILES string of the molecule is CN1CCCC(CNC(=O)CCCC(=O)O)C1. The van der Waals surface area contributed by atoms with Crippen molar-refractivity contribution in [3.05, 3.63) is 0 Å². The van der Waals surface area contributed by atoms with E-state index < -0.39 is 5.97 Å². The van der Waals surface area contributed by atoms with Gasteiger partial charge in [-0.25, -0.2) is 0 Å². The molecule has 5 heteroatoms. The first-order chi connectivity index (χ1) is 8.08. The molecule has 1 rings (SSSR count). The zero-order chi connectivity index (χ0) is 12.7. The minimum Gasteiger partial charge on any atom is -0.481 e. The zero-order valence-corrected chi connectivity index (χ0v) is 10.4. The molecular weight excluding hydrogens is 220 g/mol. The Labute approximate surface area is 102 Å². The van der Waals surface area contributed by atoms with E-state index in [4.69, 9.17) is 5.11 Å². The summed E-state index contributed by atoms with van der Waals surface area (Å²) in [6, 6.07) is 0. The van der Waals surface area contributed by atoms with Crippen LogP contribution in [-0.4, -0.2) is 48.6 Å². The smallest absolute Gasteiger partial charge is 0.303 e. The number of carbonyl (C=O) groups is 2. The molecule has 0 aromatic heterocycles. The Morgan fingerprint density at radius 3 is 2.82 bits per heavy atom. The molecule has 1 atom stereocenters. The van der Waals surface area contributed by atoms with Crippen LogP contribution in [0.4, 0.5) is 0 Å². The van der Waals surface area contributed by atoms with Crippen LogP contribution in [0.1, 0.15) is 32.1 Å². The lowest BCUT2D eigenvalue weighted by Crippen LogP contribution is -2.39. The molecule has 0 aliphatic carbocycles. The maximum atomic E-state index is 11.4. The largest absolute Gasteiger partial charge is 0.481 e. The molecule has 2 N–H and O–H groups in total. The molecule has 0 aromatic rings. The number of nitrogens with zero attached hydrogens (tertiary/aromatic N) is 1. The molecule has 0 saturated carbocycles. The minimum atomic E-state index is -0.841. The third kappa shape index (κ3) is 6.26. The highest BCUT2D eigenvalue weighted by Gasteiger charge is 2.17. The quantitative estimate of drug-likeness (QED) is 0.719. The first kappa shape index (κ1) is 14.0. The average Bonchev–Trinajstić information content (AvgIpc) is 2.26. The first-order valence-electron chi connectivity index (χ1n) is 6.25. The van der Waals surface area contributed by atoms with Crippen molar-refractivity contribution in [2.24, 2.45) is 5.92 Å². The van der Waals surface area contributed by atoms with Gasteiger partial charge in [0.2, 0.25) is 5.91 Å². The lowest BCUT2D eigenvalue weighted by molar-refractivity contribution is -0.137. The topological polar surface area (TPSA) is 69.6 Å². The van der Waals surface area contributed by atoms with Crippen molar-refractivity contribution in [2.75, 3.05) is 26.7 Å². The van der Waals surface area contributed by atoms with Crippen LogP contribution in [0.15, 0.2) is 0 Å². The number of piperidine rings is 1. The standard InChI is InChI=1S/C12H22N2O3/c1-14-7-3-4-10(9-14)8-13-11(15)5-2-6-12(16)17/h10H,2-9H2,1H3,(H,13,15)(H,16,17). The Balaban J connectivity index is 2.08. The monoisotopic (exact) mass is 242 g/mol. The van der Waals surface area contributed by atoms with E-state index in [2.05, 4.69) is 17.3 Å². The van der Waals surface area contributed by atoms with Crippen molar-refractivity contribution in [1.82, 2.24) is 10.2 Å². The Bertz CT molecular complexity index is 268. The highest BCUT2D eigenvalue weighted by molar-refractivity contribution is 5.76. The van der Waals surface area contributed by atoms with E-state index in [9.17, 15) is 9.59 Å². The van der Waals surface area contributed by atoms with Crippen molar-refractivity contribution in [1.29, 1.82) is 0 Å². The molecule has 1 aliphatic heterocycles. The fraction of sp³-hybridized carbons (Fsp3) is 0.833. The summed E-state index contributed by atoms with van der Waals surface area (Å²) in [5.41, 5.74) is 0. The summed E-state index contributed by atoms with van der Waals surface area (Å²) < 4.78 is 0. The van der Waals surface area contributed by atoms with Gasteiger partial charge in [-0.15, -0.1) is 0 Å². The second-order valence-electron chi connectivity index (χ2n) is 4.82. The lowest BCUT2D eigenvalue weighted by atomic mass is 9.98. The van der Waals surface area contributed by atoms with Crippen molar-refractivity contribution < 1.29 is 14.7 Å². The first-order valence-corrected chi connectivity index (χ1v) is 6.25. The Hall–Kier alpha value is -1.10. The number of aliphatic carboxylic acids is 1. The van der Waals surface area contributed by atoms with E-state index in [-0.39, 0.29) is 12.3 Å². The van der Waals surface area contributed by atoms with Crippen LogP contribution in [0.2, 0.25) is 0 Å². The second-order valence-corrected chi connectivity index (χ2v) is 4.82. The number of carboxylic acid groups (broad SMARTS) is 1. The maximum Gasteiger partial charge on any atom is 0.303 e. The summed E-state index contributed by atoms with van der Waals surface area (Å²) in [6.07, 6.45) is 3.16. The van der Waals surface area contributed by atoms with Gasteiger partial charge in [0.25, 0.3) is 0 Å². The normalized spacial score (nSPS) is 21.1. The van der Waals surface area contributed by atoms with Crippen LogP contribution in [0, 0.1) is 5.92 Å². The predicted molar refractivity (Wildman–Crippen MR) is 64.7 cm³/mol. The molecule has 17 heavy (non-hydrogen) atoms. The van der Waals surface area contributed by atoms with Crippen LogP contribution in [0.25, 0.3) is 0 Å². The predicted octanol–water partition coefficient (Wildman–Crippen LogP) is 0.699. The summed E-state index contributed by atoms with van der Waals surface area (Å²) in [4.78, 5) is 24.0. The van der Waals surface area contributed by atoms with Gasteiger partial charge in [-0.3, -0.25) is 9.59 Å². The van der Waals surface area contributed by atoms with E-state index in [1.165, 1.54) is 12.8 Å². The van der Waals surface area contributed by atoms with E-state index in [0.29, 0.717) is 18.8 Å². The highest BCUT2D eigenvalue weighted by atomic mass is 16.4. The number of carbonyl (C=O) groups excluding carboxylic acids is 1. The molecule has 0 radical (unpaired) electrons. The minimum absolute atomic E-state index is 0.0283. The number of rotatable bonds is 6. The van der Waals surface area contributed by atoms with Gasteiger partial charge in [-0.2, -0.15) is 0 Å². The van der Waals surface area contributed by atoms with E-state index in [1.807, 2.05) is 0 Å². The van der Waals surface area contributed by atoms with Gasteiger partial charge < -0.3 is 15.3 Å². The van der Waals surface area contributed by atoms with Gasteiger partial charge in [0.15, 0.2) is 0 Å². The van der Waals surface area contributed by atoms with Crippen molar-refractivity contribution in [3.63, 3.8) is 0 Å². The summed E-state index contributed by atoms with van der Waals surface area (Å²) in [5, 5.41) is 11.3. The van der Waals surface area contributed by atoms with Gasteiger partial charge in [0.05, 0.1) is 0 Å². The highest BCUT2D eigenvalue weighted by Crippen LogP contribution is 2.13. The van der Waals surface area contributed by atoms with E-state index in [0.717, 1.165) is 19.6 Å². The number of likely N-dealkylation sites (tertiary alicyclic amines) is 1. The molecule has 5 nitrogen and oxygen atoms in total. The fourth-order valence-electron chi connectivity index (χ4n) is 2.19. The molecule has 1 amide bonds. The summed E-state index contributed by atoms with van der Waals surface area (Å²) in [5.74, 6) is -0.330. The average molecular weight is 242 g/mol. The molecule has 0 spiro atoms. The van der Waals surface area contributed by atoms with Crippen molar-refractivity contribution >= 4 is 11.9 Å². The van der Waals surface area contributed by atoms with E-state index in [1.54, 1.807) is 0 Å². The number of carboxylic acids is 1. The van der Waals surface area contributed by atoms with Gasteiger partial charge >= 0.3 is 5.97 Å². The second kappa shape index (κ2) is 7.27. The Kier molecular flexibility index (Phi) is 5.97. The molecular formula is C12H22N2O3. The molecule has 0 bridgehead atoms. The third-order valence-corrected chi connectivity index (χ3v) is 3.10. The summed E-state index contributed by atoms with van der Waals surface area (Å²) in [6.45, 7) is 2.90. The van der Waals surface area contributed by atoms with Gasteiger partial charge in [-0.1, -0.05) is 0 Å². The van der Waals surface area contributed by atoms with Crippen LogP contribution in [0.5, 0.6) is 0 Å². The fourth-order valence-corrected chi connectivity index (χ4v) is 2.19. The van der Waals surface area contributed by atoms with Crippen LogP contribution in [0.3, 0.4) is 0 Å². The zero-order valence-electron chi connectivity index (χ0n) is 10.4. The number of hydrogen-bond acceptors (Lipinski definition) is 3. The molecule has 1 fully saturated rings. The van der Waals surface area contributed by atoms with Gasteiger partial charge in [-0.05, 0) is 38.8 Å². The summed E-state index contributed by atoms with van der Waals surface area (Å²) in [7, 11) is 2.10. The van der Waals surface area contributed by atoms with Gasteiger partial charge in [0, 0.05) is 25.9 Å². The Morgan fingerprint density at radius 2 is 2.18 bits per heavy atom. The number of nitrogens with one attached hydrogen (secondary N) is 1. The number of hydrogen-bond donors (Lipinski definition) is 2. The molecule has 98 valence electrons. The van der Waals surface area contributed by atoms with Crippen LogP contribution in [-0.2, 0) is 9.59 Å².